The molecular formula is C20H25N5O2. The molecule has 7 heteroatoms. The molecule has 0 unspecified atom stereocenters. The van der Waals surface area contributed by atoms with Crippen molar-refractivity contribution in [1.29, 1.82) is 0 Å². The fourth-order valence-electron chi connectivity index (χ4n) is 4.03. The molecule has 3 heterocycles. The van der Waals surface area contributed by atoms with E-state index >= 15 is 0 Å². The summed E-state index contributed by atoms with van der Waals surface area (Å²) < 4.78 is 6.43. The zero-order valence-electron chi connectivity index (χ0n) is 15.8. The quantitative estimate of drug-likeness (QED) is 0.775. The lowest BCUT2D eigenvalue weighted by molar-refractivity contribution is -0.0604. The van der Waals surface area contributed by atoms with E-state index < -0.39 is 0 Å². The van der Waals surface area contributed by atoms with Crippen molar-refractivity contribution >= 4 is 17.5 Å². The number of aromatic nitrogens is 2. The molecule has 0 saturated carbocycles. The molecule has 1 aromatic carbocycles. The molecule has 7 nitrogen and oxygen atoms in total. The minimum Gasteiger partial charge on any atom is -0.368 e. The van der Waals surface area contributed by atoms with Crippen molar-refractivity contribution < 1.29 is 9.53 Å². The second-order valence-electron chi connectivity index (χ2n) is 7.24. The third kappa shape index (κ3) is 3.23. The number of fused-ring (bicyclic) bond motifs is 2. The van der Waals surface area contributed by atoms with Gasteiger partial charge in [0, 0.05) is 45.1 Å². The van der Waals surface area contributed by atoms with E-state index in [9.17, 15) is 4.79 Å². The third-order valence-electron chi connectivity index (χ3n) is 5.44. The highest BCUT2D eigenvalue weighted by Gasteiger charge is 2.42. The Kier molecular flexibility index (Phi) is 4.70. The maximum atomic E-state index is 12.7. The SMILES string of the molecule is CN(C)C(=O)N1CCOC2(CCN(c3cnccn3)CC2)c2ccccc21. The molecule has 1 fully saturated rings. The zero-order valence-corrected chi connectivity index (χ0v) is 15.8. The van der Waals surface area contributed by atoms with E-state index in [2.05, 4.69) is 20.9 Å². The summed E-state index contributed by atoms with van der Waals surface area (Å²) in [6.07, 6.45) is 6.92. The van der Waals surface area contributed by atoms with Crippen molar-refractivity contribution in [2.75, 3.05) is 50.1 Å². The van der Waals surface area contributed by atoms with Crippen molar-refractivity contribution in [2.24, 2.45) is 0 Å². The monoisotopic (exact) mass is 367 g/mol. The second kappa shape index (κ2) is 7.15. The summed E-state index contributed by atoms with van der Waals surface area (Å²) in [6.45, 7) is 2.77. The van der Waals surface area contributed by atoms with Crippen molar-refractivity contribution in [1.82, 2.24) is 14.9 Å². The molecule has 2 aliphatic rings. The number of nitrogens with zero attached hydrogens (tertiary/aromatic N) is 5. The van der Waals surface area contributed by atoms with Crippen LogP contribution in [0.5, 0.6) is 0 Å². The van der Waals surface area contributed by atoms with Crippen LogP contribution in [0, 0.1) is 0 Å². The van der Waals surface area contributed by atoms with E-state index in [1.807, 2.05) is 23.1 Å². The molecule has 0 bridgehead atoms. The van der Waals surface area contributed by atoms with Gasteiger partial charge in [0.05, 0.1) is 30.6 Å². The minimum atomic E-state index is -0.364. The molecule has 2 aliphatic heterocycles. The number of para-hydroxylation sites is 1. The molecule has 2 amide bonds. The maximum Gasteiger partial charge on any atom is 0.324 e. The van der Waals surface area contributed by atoms with Crippen LogP contribution in [0.15, 0.2) is 42.9 Å². The summed E-state index contributed by atoms with van der Waals surface area (Å²) in [4.78, 5) is 27.0. The first-order valence-corrected chi connectivity index (χ1v) is 9.34. The van der Waals surface area contributed by atoms with Crippen LogP contribution in [0.2, 0.25) is 0 Å². The number of carbonyl (C=O) groups excluding carboxylic acids is 1. The first-order chi connectivity index (χ1) is 13.1. The van der Waals surface area contributed by atoms with Gasteiger partial charge in [-0.1, -0.05) is 18.2 Å². The number of ether oxygens (including phenoxy) is 1. The Morgan fingerprint density at radius 3 is 2.63 bits per heavy atom. The van der Waals surface area contributed by atoms with E-state index in [4.69, 9.17) is 4.74 Å². The predicted molar refractivity (Wildman–Crippen MR) is 104 cm³/mol. The van der Waals surface area contributed by atoms with Crippen LogP contribution in [0.1, 0.15) is 18.4 Å². The first-order valence-electron chi connectivity index (χ1n) is 9.34. The second-order valence-corrected chi connectivity index (χ2v) is 7.24. The van der Waals surface area contributed by atoms with Crippen molar-refractivity contribution in [3.8, 4) is 0 Å². The molecule has 142 valence electrons. The lowest BCUT2D eigenvalue weighted by atomic mass is 9.83. The minimum absolute atomic E-state index is 0.0138. The summed E-state index contributed by atoms with van der Waals surface area (Å²) in [5, 5.41) is 0. The summed E-state index contributed by atoms with van der Waals surface area (Å²) in [5.41, 5.74) is 1.70. The lowest BCUT2D eigenvalue weighted by Crippen LogP contribution is -2.44. The van der Waals surface area contributed by atoms with Crippen LogP contribution in [0.25, 0.3) is 0 Å². The maximum absolute atomic E-state index is 12.7. The third-order valence-corrected chi connectivity index (χ3v) is 5.44. The van der Waals surface area contributed by atoms with E-state index in [0.29, 0.717) is 13.2 Å². The Labute approximate surface area is 159 Å². The largest absolute Gasteiger partial charge is 0.368 e. The Morgan fingerprint density at radius 1 is 1.15 bits per heavy atom. The average Bonchev–Trinajstić information content (AvgIpc) is 2.86. The van der Waals surface area contributed by atoms with Gasteiger partial charge >= 0.3 is 6.03 Å². The number of piperidine rings is 1. The number of hydrogen-bond acceptors (Lipinski definition) is 5. The topological polar surface area (TPSA) is 61.8 Å². The normalized spacial score (nSPS) is 18.7. The number of benzene rings is 1. The number of carbonyl (C=O) groups is 1. The van der Waals surface area contributed by atoms with Gasteiger partial charge in [-0.15, -0.1) is 0 Å². The van der Waals surface area contributed by atoms with Crippen LogP contribution >= 0.6 is 0 Å². The molecule has 1 aromatic heterocycles. The summed E-state index contributed by atoms with van der Waals surface area (Å²) >= 11 is 0. The summed E-state index contributed by atoms with van der Waals surface area (Å²) in [6, 6.07) is 8.14. The Bertz CT molecular complexity index is 803. The van der Waals surface area contributed by atoms with Gasteiger partial charge in [0.15, 0.2) is 0 Å². The summed E-state index contributed by atoms with van der Waals surface area (Å²) in [7, 11) is 3.57. The van der Waals surface area contributed by atoms with Crippen LogP contribution < -0.4 is 9.80 Å². The lowest BCUT2D eigenvalue weighted by Gasteiger charge is -2.42. The van der Waals surface area contributed by atoms with Gasteiger partial charge in [0.1, 0.15) is 5.82 Å². The molecule has 27 heavy (non-hydrogen) atoms. The van der Waals surface area contributed by atoms with Gasteiger partial charge in [-0.2, -0.15) is 0 Å². The van der Waals surface area contributed by atoms with Crippen LogP contribution in [0.3, 0.4) is 0 Å². The standard InChI is InChI=1S/C20H25N5O2/c1-23(2)19(26)25-13-14-27-20(16-5-3-4-6-17(16)25)7-11-24(12-8-20)18-15-21-9-10-22-18/h3-6,9-10,15H,7-8,11-14H2,1-2H3. The van der Waals surface area contributed by atoms with Crippen molar-refractivity contribution in [3.05, 3.63) is 48.4 Å². The molecule has 1 saturated heterocycles. The molecule has 4 rings (SSSR count). The average molecular weight is 367 g/mol. The van der Waals surface area contributed by atoms with E-state index in [1.165, 1.54) is 0 Å². The van der Waals surface area contributed by atoms with Crippen LogP contribution in [-0.4, -0.2) is 61.2 Å². The highest BCUT2D eigenvalue weighted by atomic mass is 16.5. The number of rotatable bonds is 1. The van der Waals surface area contributed by atoms with Gasteiger partial charge in [0.25, 0.3) is 0 Å². The van der Waals surface area contributed by atoms with Crippen LogP contribution in [0.4, 0.5) is 16.3 Å². The molecule has 0 aliphatic carbocycles. The Hall–Kier alpha value is -2.67. The summed E-state index contributed by atoms with van der Waals surface area (Å²) in [5.74, 6) is 0.902. The highest BCUT2D eigenvalue weighted by Crippen LogP contribution is 2.43. The smallest absolute Gasteiger partial charge is 0.324 e. The molecule has 1 spiro atoms. The predicted octanol–water partition coefficient (Wildman–Crippen LogP) is 2.49. The van der Waals surface area contributed by atoms with Gasteiger partial charge in [-0.05, 0) is 18.9 Å². The van der Waals surface area contributed by atoms with Gasteiger partial charge in [-0.25, -0.2) is 9.78 Å². The van der Waals surface area contributed by atoms with E-state index in [1.54, 1.807) is 37.6 Å². The fraction of sp³-hybridized carbons (Fsp3) is 0.450. The zero-order chi connectivity index (χ0) is 18.9. The highest BCUT2D eigenvalue weighted by molar-refractivity contribution is 5.93. The Morgan fingerprint density at radius 2 is 1.93 bits per heavy atom. The van der Waals surface area contributed by atoms with Gasteiger partial charge in [0.2, 0.25) is 0 Å². The molecule has 0 atom stereocenters. The first kappa shape index (κ1) is 17.7. The number of urea groups is 1. The fourth-order valence-corrected chi connectivity index (χ4v) is 4.03. The Balaban J connectivity index is 1.63. The van der Waals surface area contributed by atoms with Crippen molar-refractivity contribution in [2.45, 2.75) is 18.4 Å². The van der Waals surface area contributed by atoms with Crippen molar-refractivity contribution in [3.63, 3.8) is 0 Å². The molecule has 0 radical (unpaired) electrons. The molecular weight excluding hydrogens is 342 g/mol. The van der Waals surface area contributed by atoms with Crippen LogP contribution in [-0.2, 0) is 10.3 Å². The molecule has 0 N–H and O–H groups in total. The number of amides is 2. The van der Waals surface area contributed by atoms with Gasteiger partial charge < -0.3 is 14.5 Å². The van der Waals surface area contributed by atoms with Gasteiger partial charge in [-0.3, -0.25) is 9.88 Å². The van der Waals surface area contributed by atoms with E-state index in [-0.39, 0.29) is 11.6 Å². The van der Waals surface area contributed by atoms with E-state index in [0.717, 1.165) is 43.0 Å². The molecule has 2 aromatic rings. The number of hydrogen-bond donors (Lipinski definition) is 0. The number of anilines is 2.